The van der Waals surface area contributed by atoms with Crippen LogP contribution >= 0.6 is 0 Å². The van der Waals surface area contributed by atoms with Gasteiger partial charge in [-0.2, -0.15) is 4.31 Å². The molecule has 34 heavy (non-hydrogen) atoms. The van der Waals surface area contributed by atoms with Gasteiger partial charge in [-0.05, 0) is 67.6 Å². The van der Waals surface area contributed by atoms with Crippen LogP contribution in [0.25, 0.3) is 10.9 Å². The predicted molar refractivity (Wildman–Crippen MR) is 131 cm³/mol. The minimum Gasteiger partial charge on any atom is -0.322 e. The smallest absolute Gasteiger partial charge is 0.322 e. The first-order chi connectivity index (χ1) is 16.1. The second kappa shape index (κ2) is 9.19. The highest BCUT2D eigenvalue weighted by atomic mass is 32.2. The molecule has 1 aliphatic rings. The molecule has 1 fully saturated rings. The zero-order valence-electron chi connectivity index (χ0n) is 19.4. The van der Waals surface area contributed by atoms with Gasteiger partial charge in [0.15, 0.2) is 0 Å². The quantitative estimate of drug-likeness (QED) is 0.577. The van der Waals surface area contributed by atoms with Crippen LogP contribution in [0.4, 0.5) is 5.69 Å². The standard InChI is InChI=1S/C24H28N4O5S/c1-4-28-23(30)20-10-5-17(12-21(20)26-24(28)31)22(29)25-18-6-8-19(9-7-18)34(32,33)27-13-15(2)11-16(3)14-27/h5-10,12,15-16H,4,11,13-14H2,1-3H3,(H,25,29)(H,26,31)/t15-,16-/m0/s1. The number of amides is 1. The van der Waals surface area contributed by atoms with Gasteiger partial charge in [0.1, 0.15) is 0 Å². The Morgan fingerprint density at radius 2 is 1.71 bits per heavy atom. The minimum atomic E-state index is -3.61. The number of aromatic amines is 1. The van der Waals surface area contributed by atoms with Gasteiger partial charge in [0.2, 0.25) is 10.0 Å². The third kappa shape index (κ3) is 4.55. The van der Waals surface area contributed by atoms with E-state index in [4.69, 9.17) is 0 Å². The van der Waals surface area contributed by atoms with E-state index in [-0.39, 0.29) is 22.5 Å². The number of rotatable bonds is 5. The highest BCUT2D eigenvalue weighted by Gasteiger charge is 2.31. The fourth-order valence-corrected chi connectivity index (χ4v) is 6.23. The van der Waals surface area contributed by atoms with Gasteiger partial charge in [-0.25, -0.2) is 13.2 Å². The first-order valence-electron chi connectivity index (χ1n) is 11.3. The minimum absolute atomic E-state index is 0.183. The van der Waals surface area contributed by atoms with E-state index < -0.39 is 27.2 Å². The maximum absolute atomic E-state index is 13.0. The average Bonchev–Trinajstić information content (AvgIpc) is 2.78. The molecule has 1 aromatic heterocycles. The normalized spacial score (nSPS) is 19.3. The summed E-state index contributed by atoms with van der Waals surface area (Å²) in [5, 5.41) is 3.04. The largest absolute Gasteiger partial charge is 0.328 e. The summed E-state index contributed by atoms with van der Waals surface area (Å²) in [4.78, 5) is 40.0. The Labute approximate surface area is 197 Å². The fraction of sp³-hybridized carbons (Fsp3) is 0.375. The molecule has 1 saturated heterocycles. The molecule has 0 spiro atoms. The van der Waals surface area contributed by atoms with Gasteiger partial charge in [-0.3, -0.25) is 14.2 Å². The van der Waals surface area contributed by atoms with Crippen molar-refractivity contribution >= 4 is 32.5 Å². The molecule has 1 aliphatic heterocycles. The second-order valence-electron chi connectivity index (χ2n) is 8.99. The number of nitrogens with zero attached hydrogens (tertiary/aromatic N) is 2. The summed E-state index contributed by atoms with van der Waals surface area (Å²) < 4.78 is 28.7. The maximum atomic E-state index is 13.0. The van der Waals surface area contributed by atoms with Crippen molar-refractivity contribution in [3.05, 3.63) is 68.9 Å². The number of carbonyl (C=O) groups is 1. The van der Waals surface area contributed by atoms with Crippen molar-refractivity contribution in [1.82, 2.24) is 13.9 Å². The van der Waals surface area contributed by atoms with E-state index in [0.29, 0.717) is 36.0 Å². The summed E-state index contributed by atoms with van der Waals surface area (Å²) in [6.07, 6.45) is 1.01. The molecule has 0 unspecified atom stereocenters. The van der Waals surface area contributed by atoms with Crippen LogP contribution in [0.1, 0.15) is 37.6 Å². The van der Waals surface area contributed by atoms with Gasteiger partial charge >= 0.3 is 5.69 Å². The first kappa shape index (κ1) is 23.9. The molecule has 180 valence electrons. The summed E-state index contributed by atoms with van der Waals surface area (Å²) >= 11 is 0. The zero-order valence-corrected chi connectivity index (χ0v) is 20.2. The molecule has 10 heteroatoms. The molecule has 2 heterocycles. The SMILES string of the molecule is CCn1c(=O)[nH]c2cc(C(=O)Nc3ccc(S(=O)(=O)N4C[C@@H](C)C[C@H](C)C4)cc3)ccc2c1=O. The Morgan fingerprint density at radius 3 is 2.32 bits per heavy atom. The number of hydrogen-bond acceptors (Lipinski definition) is 5. The summed E-state index contributed by atoms with van der Waals surface area (Å²) in [7, 11) is -3.61. The Balaban J connectivity index is 1.53. The van der Waals surface area contributed by atoms with Crippen LogP contribution in [-0.4, -0.2) is 41.3 Å². The summed E-state index contributed by atoms with van der Waals surface area (Å²) in [6.45, 7) is 7.05. The van der Waals surface area contributed by atoms with E-state index in [2.05, 4.69) is 24.1 Å². The van der Waals surface area contributed by atoms with Crippen molar-refractivity contribution in [3.63, 3.8) is 0 Å². The van der Waals surface area contributed by atoms with Crippen molar-refractivity contribution < 1.29 is 13.2 Å². The number of nitrogens with one attached hydrogen (secondary N) is 2. The molecular weight excluding hydrogens is 456 g/mol. The third-order valence-corrected chi connectivity index (χ3v) is 7.99. The van der Waals surface area contributed by atoms with Crippen LogP contribution in [-0.2, 0) is 16.6 Å². The Kier molecular flexibility index (Phi) is 6.46. The summed E-state index contributed by atoms with van der Waals surface area (Å²) in [5.41, 5.74) is 0.0113. The van der Waals surface area contributed by atoms with Gasteiger partial charge in [-0.15, -0.1) is 0 Å². The topological polar surface area (TPSA) is 121 Å². The molecule has 0 aliphatic carbocycles. The van der Waals surface area contributed by atoms with Gasteiger partial charge in [-0.1, -0.05) is 13.8 Å². The highest BCUT2D eigenvalue weighted by Crippen LogP contribution is 2.27. The molecule has 2 atom stereocenters. The van der Waals surface area contributed by atoms with E-state index in [0.717, 1.165) is 11.0 Å². The van der Waals surface area contributed by atoms with Crippen molar-refractivity contribution in [3.8, 4) is 0 Å². The Bertz CT molecular complexity index is 1450. The van der Waals surface area contributed by atoms with E-state index in [1.165, 1.54) is 34.6 Å². The third-order valence-electron chi connectivity index (χ3n) is 6.15. The number of anilines is 1. The number of carbonyl (C=O) groups excluding carboxylic acids is 1. The van der Waals surface area contributed by atoms with E-state index >= 15 is 0 Å². The van der Waals surface area contributed by atoms with Crippen LogP contribution in [0.3, 0.4) is 0 Å². The lowest BCUT2D eigenvalue weighted by molar-refractivity contribution is 0.102. The molecule has 0 saturated carbocycles. The van der Waals surface area contributed by atoms with Crippen molar-refractivity contribution in [2.45, 2.75) is 38.6 Å². The van der Waals surface area contributed by atoms with Crippen LogP contribution in [0.15, 0.2) is 56.9 Å². The first-order valence-corrected chi connectivity index (χ1v) is 12.7. The number of hydrogen-bond donors (Lipinski definition) is 2. The highest BCUT2D eigenvalue weighted by molar-refractivity contribution is 7.89. The molecule has 2 aromatic carbocycles. The molecule has 9 nitrogen and oxygen atoms in total. The maximum Gasteiger partial charge on any atom is 0.328 e. The van der Waals surface area contributed by atoms with Gasteiger partial charge < -0.3 is 10.3 Å². The van der Waals surface area contributed by atoms with Crippen LogP contribution in [0.2, 0.25) is 0 Å². The lowest BCUT2D eigenvalue weighted by Crippen LogP contribution is -2.42. The second-order valence-corrected chi connectivity index (χ2v) is 10.9. The number of fused-ring (bicyclic) bond motifs is 1. The van der Waals surface area contributed by atoms with E-state index in [1.807, 2.05) is 0 Å². The van der Waals surface area contributed by atoms with Crippen molar-refractivity contribution in [2.75, 3.05) is 18.4 Å². The van der Waals surface area contributed by atoms with E-state index in [1.54, 1.807) is 19.1 Å². The number of aromatic nitrogens is 2. The summed E-state index contributed by atoms with van der Waals surface area (Å²) in [5.74, 6) is 0.161. The average molecular weight is 485 g/mol. The lowest BCUT2D eigenvalue weighted by atomic mass is 9.94. The molecule has 2 N–H and O–H groups in total. The number of piperidine rings is 1. The van der Waals surface area contributed by atoms with Gasteiger partial charge in [0.25, 0.3) is 11.5 Å². The van der Waals surface area contributed by atoms with Crippen LogP contribution < -0.4 is 16.6 Å². The van der Waals surface area contributed by atoms with Crippen molar-refractivity contribution in [2.24, 2.45) is 11.8 Å². The molecule has 1 amide bonds. The molecule has 3 aromatic rings. The summed E-state index contributed by atoms with van der Waals surface area (Å²) in [6, 6.07) is 10.5. The molecule has 0 radical (unpaired) electrons. The number of benzene rings is 2. The van der Waals surface area contributed by atoms with Crippen LogP contribution in [0.5, 0.6) is 0 Å². The number of sulfonamides is 1. The lowest BCUT2D eigenvalue weighted by Gasteiger charge is -2.34. The Hall–Kier alpha value is -3.24. The van der Waals surface area contributed by atoms with Crippen molar-refractivity contribution in [1.29, 1.82) is 0 Å². The molecule has 0 bridgehead atoms. The number of H-pyrrole nitrogens is 1. The molecule has 4 rings (SSSR count). The monoisotopic (exact) mass is 484 g/mol. The van der Waals surface area contributed by atoms with Crippen LogP contribution in [0, 0.1) is 11.8 Å². The Morgan fingerprint density at radius 1 is 1.06 bits per heavy atom. The predicted octanol–water partition coefficient (Wildman–Crippen LogP) is 2.63. The van der Waals surface area contributed by atoms with Gasteiger partial charge in [0, 0.05) is 30.9 Å². The zero-order chi connectivity index (χ0) is 24.6. The van der Waals surface area contributed by atoms with E-state index in [9.17, 15) is 22.8 Å². The fourth-order valence-electron chi connectivity index (χ4n) is 4.55. The molecular formula is C24H28N4O5S. The van der Waals surface area contributed by atoms with Gasteiger partial charge in [0.05, 0.1) is 15.8 Å².